The molecule has 19 heteroatoms. The number of aliphatic hydroxyl groups is 10. The van der Waals surface area contributed by atoms with E-state index in [1.165, 1.54) is 0 Å². The number of rotatable bonds is 14. The van der Waals surface area contributed by atoms with E-state index in [4.69, 9.17) is 20.4 Å². The minimum absolute atomic E-state index is 0. The van der Waals surface area contributed by atoms with Crippen LogP contribution in [0, 0.1) is 0 Å². The maximum absolute atomic E-state index is 10.9. The molecule has 220 valence electrons. The van der Waals surface area contributed by atoms with Crippen LogP contribution in [0.1, 0.15) is 13.8 Å². The number of hydrogen-bond donors (Lipinski definition) is 10. The summed E-state index contributed by atoms with van der Waals surface area (Å²) in [5.41, 5.74) is -6.13. The number of carbonyl (C=O) groups is 4. The van der Waals surface area contributed by atoms with Crippen LogP contribution in [0.3, 0.4) is 0 Å². The number of carbonyl (C=O) groups excluding carboxylic acids is 4. The van der Waals surface area contributed by atoms with Crippen molar-refractivity contribution in [2.75, 3.05) is 13.2 Å². The Kier molecular flexibility index (Phi) is 17.6. The number of ether oxygens (including phenoxy) is 2. The first-order valence-corrected chi connectivity index (χ1v) is 10.1. The molecule has 0 heterocycles. The first kappa shape index (κ1) is 41.7. The second kappa shape index (κ2) is 16.5. The van der Waals surface area contributed by atoms with Crippen LogP contribution in [0.5, 0.6) is 0 Å². The molecular formula is C20H30CaO18. The topological polar surface area (TPSA) is 335 Å². The number of carboxylic acids is 2. The first-order valence-electron chi connectivity index (χ1n) is 10.1. The molecule has 0 aromatic heterocycles. The van der Waals surface area contributed by atoms with Crippen LogP contribution in [0.15, 0.2) is 25.3 Å². The van der Waals surface area contributed by atoms with E-state index >= 15 is 0 Å². The Morgan fingerprint density at radius 3 is 1.10 bits per heavy atom. The second-order valence-corrected chi connectivity index (χ2v) is 7.80. The fourth-order valence-corrected chi connectivity index (χ4v) is 2.43. The molecule has 0 aliphatic heterocycles. The predicted molar refractivity (Wildman–Crippen MR) is 118 cm³/mol. The third kappa shape index (κ3) is 9.67. The van der Waals surface area contributed by atoms with Crippen molar-refractivity contribution in [3.05, 3.63) is 25.3 Å². The molecule has 8 atom stereocenters. The van der Waals surface area contributed by atoms with Gasteiger partial charge >= 0.3 is 49.7 Å². The van der Waals surface area contributed by atoms with E-state index in [1.54, 1.807) is 0 Å². The Morgan fingerprint density at radius 1 is 0.718 bits per heavy atom. The zero-order valence-corrected chi connectivity index (χ0v) is 22.9. The standard InChI is InChI=1S/2C10H16O9.Ca/c2*1-3-6(13)19-10(18,8(15)16)9(2,17)7(14)5(12)4-11;/h2*3,5,7,11-12,14,17-18H,1,4H2,2H3,(H,15,16);/q;;+2/p-2/t2*5-,7-,9+,10-;/m11./s1. The van der Waals surface area contributed by atoms with Gasteiger partial charge in [0.2, 0.25) is 0 Å². The van der Waals surface area contributed by atoms with Crippen molar-refractivity contribution >= 4 is 61.6 Å². The number of esters is 2. The van der Waals surface area contributed by atoms with Gasteiger partial charge in [0.15, 0.2) is 11.2 Å². The summed E-state index contributed by atoms with van der Waals surface area (Å²) >= 11 is 0. The van der Waals surface area contributed by atoms with E-state index in [0.717, 1.165) is 0 Å². The molecule has 0 rings (SSSR count). The fraction of sp³-hybridized carbons (Fsp3) is 0.600. The van der Waals surface area contributed by atoms with Crippen molar-refractivity contribution < 1.29 is 89.9 Å². The van der Waals surface area contributed by atoms with Crippen LogP contribution in [0.2, 0.25) is 0 Å². The minimum atomic E-state index is -3.66. The molecule has 10 N–H and O–H groups in total. The van der Waals surface area contributed by atoms with Gasteiger partial charge in [-0.1, -0.05) is 13.2 Å². The van der Waals surface area contributed by atoms with Crippen molar-refractivity contribution in [3.8, 4) is 0 Å². The summed E-state index contributed by atoms with van der Waals surface area (Å²) in [7, 11) is 0. The van der Waals surface area contributed by atoms with Gasteiger partial charge < -0.3 is 80.3 Å². The third-order valence-electron chi connectivity index (χ3n) is 5.01. The van der Waals surface area contributed by atoms with Gasteiger partial charge in [-0.05, 0) is 13.8 Å². The summed E-state index contributed by atoms with van der Waals surface area (Å²) in [5.74, 6) is -15.0. The van der Waals surface area contributed by atoms with Crippen LogP contribution >= 0.6 is 0 Å². The van der Waals surface area contributed by atoms with Gasteiger partial charge in [0, 0.05) is 12.2 Å². The molecule has 0 aliphatic carbocycles. The van der Waals surface area contributed by atoms with Gasteiger partial charge in [0.05, 0.1) is 13.2 Å². The molecule has 0 aromatic carbocycles. The number of aliphatic carboxylic acids is 2. The van der Waals surface area contributed by atoms with E-state index < -0.39 is 84.3 Å². The van der Waals surface area contributed by atoms with Crippen LogP contribution in [-0.4, -0.2) is 173 Å². The van der Waals surface area contributed by atoms with Crippen LogP contribution in [0.25, 0.3) is 0 Å². The molecule has 0 radical (unpaired) electrons. The van der Waals surface area contributed by atoms with Crippen molar-refractivity contribution in [2.24, 2.45) is 0 Å². The normalized spacial score (nSPS) is 20.0. The fourth-order valence-electron chi connectivity index (χ4n) is 2.43. The molecule has 0 spiro atoms. The van der Waals surface area contributed by atoms with E-state index in [2.05, 4.69) is 22.6 Å². The molecule has 18 nitrogen and oxygen atoms in total. The SMILES string of the molecule is C=CC(=O)O[C@](O)(C(=O)[O-])[C@@](C)(O)[C@H](O)[C@H](O)CO.C=CC(=O)O[C@](O)(C(=O)[O-])[C@@](C)(O)[C@H](O)[C@H](O)CO.[Ca+2]. The van der Waals surface area contributed by atoms with Gasteiger partial charge in [0.1, 0.15) is 36.4 Å². The first-order chi connectivity index (χ1) is 17.1. The summed E-state index contributed by atoms with van der Waals surface area (Å²) in [6.45, 7) is 4.95. The molecule has 0 bridgehead atoms. The van der Waals surface area contributed by atoms with E-state index in [9.17, 15) is 60.0 Å². The van der Waals surface area contributed by atoms with Crippen molar-refractivity contribution in [2.45, 2.75) is 61.0 Å². The molecule has 0 saturated carbocycles. The van der Waals surface area contributed by atoms with Gasteiger partial charge in [-0.3, -0.25) is 0 Å². The van der Waals surface area contributed by atoms with Gasteiger partial charge in [0.25, 0.3) is 11.6 Å². The summed E-state index contributed by atoms with van der Waals surface area (Å²) in [6.07, 6.45) is -7.69. The van der Waals surface area contributed by atoms with Gasteiger partial charge in [-0.25, -0.2) is 9.59 Å². The minimum Gasteiger partial charge on any atom is -0.543 e. The average molecular weight is 599 g/mol. The number of hydrogen-bond acceptors (Lipinski definition) is 18. The smallest absolute Gasteiger partial charge is 0.543 e. The van der Waals surface area contributed by atoms with E-state index in [0.29, 0.717) is 26.0 Å². The molecule has 0 aromatic rings. The second-order valence-electron chi connectivity index (χ2n) is 7.80. The van der Waals surface area contributed by atoms with Gasteiger partial charge in [-0.2, -0.15) is 0 Å². The third-order valence-corrected chi connectivity index (χ3v) is 5.01. The van der Waals surface area contributed by atoms with Crippen LogP contribution < -0.4 is 10.2 Å². The molecule has 0 aliphatic rings. The Labute approximate surface area is 250 Å². The zero-order chi connectivity index (χ0) is 30.9. The Balaban J connectivity index is -0.000000648. The largest absolute Gasteiger partial charge is 2.00 e. The van der Waals surface area contributed by atoms with Crippen LogP contribution in [0.4, 0.5) is 0 Å². The van der Waals surface area contributed by atoms with Crippen molar-refractivity contribution in [1.82, 2.24) is 0 Å². The molecular weight excluding hydrogens is 568 g/mol. The van der Waals surface area contributed by atoms with E-state index in [1.807, 2.05) is 0 Å². The Morgan fingerprint density at radius 2 is 0.949 bits per heavy atom. The number of aliphatic hydroxyl groups excluding tert-OH is 6. The molecule has 0 saturated heterocycles. The zero-order valence-electron chi connectivity index (χ0n) is 20.7. The summed E-state index contributed by atoms with van der Waals surface area (Å²) in [4.78, 5) is 43.6. The Hall–Kier alpha value is -1.78. The van der Waals surface area contributed by atoms with Crippen molar-refractivity contribution in [1.29, 1.82) is 0 Å². The summed E-state index contributed by atoms with van der Waals surface area (Å²) < 4.78 is 8.13. The molecule has 0 amide bonds. The predicted octanol–water partition coefficient (Wildman–Crippen LogP) is -9.14. The van der Waals surface area contributed by atoms with Crippen LogP contribution in [-0.2, 0) is 28.7 Å². The molecule has 0 unspecified atom stereocenters. The van der Waals surface area contributed by atoms with Gasteiger partial charge in [-0.15, -0.1) is 0 Å². The molecule has 0 fully saturated rings. The summed E-state index contributed by atoms with van der Waals surface area (Å²) in [6, 6.07) is 0. The average Bonchev–Trinajstić information content (AvgIpc) is 2.85. The molecule has 39 heavy (non-hydrogen) atoms. The number of carboxylic acid groups (broad SMARTS) is 2. The maximum Gasteiger partial charge on any atom is 2.00 e. The quantitative estimate of drug-likeness (QED) is 0.0384. The maximum atomic E-state index is 10.9. The summed E-state index contributed by atoms with van der Waals surface area (Å²) in [5, 5.41) is 115. The monoisotopic (exact) mass is 598 g/mol. The van der Waals surface area contributed by atoms with Crippen molar-refractivity contribution in [3.63, 3.8) is 0 Å². The van der Waals surface area contributed by atoms with E-state index in [-0.39, 0.29) is 37.7 Å². The Bertz CT molecular complexity index is 805.